The minimum absolute atomic E-state index is 0.137. The van der Waals surface area contributed by atoms with Crippen LogP contribution >= 0.6 is 0 Å². The highest BCUT2D eigenvalue weighted by Gasteiger charge is 2.29. The maximum atomic E-state index is 13.1. The lowest BCUT2D eigenvalue weighted by molar-refractivity contribution is -0.0228. The van der Waals surface area contributed by atoms with E-state index in [-0.39, 0.29) is 16.9 Å². The summed E-state index contributed by atoms with van der Waals surface area (Å²) in [5.74, 6) is -0.187. The Kier molecular flexibility index (Phi) is 5.96. The minimum atomic E-state index is -3.64. The molecule has 2 aromatic rings. The Morgan fingerprint density at radius 3 is 2.45 bits per heavy atom. The van der Waals surface area contributed by atoms with Gasteiger partial charge in [-0.25, -0.2) is 8.42 Å². The normalized spacial score (nSPS) is 21.1. The summed E-state index contributed by atoms with van der Waals surface area (Å²) in [6, 6.07) is 16.1. The molecule has 0 radical (unpaired) electrons. The lowest BCUT2D eigenvalue weighted by Gasteiger charge is -2.33. The Morgan fingerprint density at radius 2 is 1.69 bits per heavy atom. The van der Waals surface area contributed by atoms with Crippen molar-refractivity contribution in [2.24, 2.45) is 0 Å². The predicted molar refractivity (Wildman–Crippen MR) is 107 cm³/mol. The van der Waals surface area contributed by atoms with Gasteiger partial charge in [-0.1, -0.05) is 36.4 Å². The molecule has 1 amide bonds. The first-order valence-corrected chi connectivity index (χ1v) is 11.1. The van der Waals surface area contributed by atoms with E-state index in [1.54, 1.807) is 17.0 Å². The third-order valence-corrected chi connectivity index (χ3v) is 7.11. The van der Waals surface area contributed by atoms with Crippen LogP contribution in [0, 0.1) is 0 Å². The average Bonchev–Trinajstić information content (AvgIpc) is 2.80. The summed E-state index contributed by atoms with van der Waals surface area (Å²) in [6.45, 7) is 2.76. The van der Waals surface area contributed by atoms with Gasteiger partial charge in [0.05, 0.1) is 31.3 Å². The molecule has 0 N–H and O–H groups in total. The molecule has 0 aliphatic carbocycles. The average molecular weight is 416 g/mol. The van der Waals surface area contributed by atoms with E-state index in [0.717, 1.165) is 5.56 Å². The molecule has 0 bridgehead atoms. The van der Waals surface area contributed by atoms with E-state index < -0.39 is 10.0 Å². The predicted octanol–water partition coefficient (Wildman–Crippen LogP) is 1.92. The number of amides is 1. The number of sulfonamides is 1. The molecule has 0 saturated carbocycles. The second-order valence-corrected chi connectivity index (χ2v) is 9.00. The first-order valence-electron chi connectivity index (χ1n) is 9.69. The van der Waals surface area contributed by atoms with E-state index in [9.17, 15) is 13.2 Å². The quantitative estimate of drug-likeness (QED) is 0.761. The summed E-state index contributed by atoms with van der Waals surface area (Å²) in [4.78, 5) is 14.9. The Hall–Kier alpha value is -2.26. The summed E-state index contributed by atoms with van der Waals surface area (Å²) in [5, 5.41) is 0. The van der Waals surface area contributed by atoms with Gasteiger partial charge >= 0.3 is 0 Å². The van der Waals surface area contributed by atoms with Crippen LogP contribution in [0.2, 0.25) is 0 Å². The van der Waals surface area contributed by atoms with E-state index in [1.807, 2.05) is 30.3 Å². The van der Waals surface area contributed by atoms with E-state index in [2.05, 4.69) is 0 Å². The van der Waals surface area contributed by atoms with Gasteiger partial charge in [-0.15, -0.1) is 0 Å². The van der Waals surface area contributed by atoms with Crippen LogP contribution in [0.3, 0.4) is 0 Å². The van der Waals surface area contributed by atoms with Crippen molar-refractivity contribution in [3.8, 4) is 0 Å². The van der Waals surface area contributed by atoms with Crippen LogP contribution in [0.15, 0.2) is 59.5 Å². The van der Waals surface area contributed by atoms with Crippen LogP contribution in [0.5, 0.6) is 0 Å². The van der Waals surface area contributed by atoms with Gasteiger partial charge in [-0.05, 0) is 23.8 Å². The molecule has 2 saturated heterocycles. The molecule has 1 atom stereocenters. The standard InChI is InChI=1S/C21H24N2O5S/c24-21(22-9-14-28-20(16-22)17-5-2-1-3-6-17)18-7-4-8-19(15-18)29(25,26)23-10-12-27-13-11-23/h1-8,15,20H,9-14,16H2/t20-/m0/s1. The maximum absolute atomic E-state index is 13.1. The number of hydrogen-bond donors (Lipinski definition) is 0. The number of ether oxygens (including phenoxy) is 2. The van der Waals surface area contributed by atoms with Crippen LogP contribution in [-0.4, -0.2) is 69.5 Å². The fourth-order valence-electron chi connectivity index (χ4n) is 3.61. The monoisotopic (exact) mass is 416 g/mol. The lowest BCUT2D eigenvalue weighted by atomic mass is 10.1. The SMILES string of the molecule is O=C(c1cccc(S(=O)(=O)N2CCOCC2)c1)N1CCO[C@H](c2ccccc2)C1. The Balaban J connectivity index is 1.52. The number of carbonyl (C=O) groups excluding carboxylic acids is 1. The first-order chi connectivity index (χ1) is 14.1. The highest BCUT2D eigenvalue weighted by molar-refractivity contribution is 7.89. The number of benzene rings is 2. The van der Waals surface area contributed by atoms with Gasteiger partial charge < -0.3 is 14.4 Å². The van der Waals surface area contributed by atoms with E-state index in [0.29, 0.717) is 51.6 Å². The summed E-state index contributed by atoms with van der Waals surface area (Å²) < 4.78 is 38.3. The van der Waals surface area contributed by atoms with Gasteiger partial charge in [0.1, 0.15) is 6.10 Å². The van der Waals surface area contributed by atoms with Gasteiger partial charge in [0, 0.05) is 25.2 Å². The molecule has 0 spiro atoms. The highest BCUT2D eigenvalue weighted by atomic mass is 32.2. The molecular formula is C21H24N2O5S. The van der Waals surface area contributed by atoms with Crippen molar-refractivity contribution in [1.82, 2.24) is 9.21 Å². The summed E-state index contributed by atoms with van der Waals surface area (Å²) in [7, 11) is -3.64. The summed E-state index contributed by atoms with van der Waals surface area (Å²) in [5.41, 5.74) is 1.39. The first kappa shape index (κ1) is 20.0. The smallest absolute Gasteiger partial charge is 0.254 e. The van der Waals surface area contributed by atoms with Gasteiger partial charge in [0.25, 0.3) is 5.91 Å². The zero-order chi connectivity index (χ0) is 20.3. The van der Waals surface area contributed by atoms with Gasteiger partial charge in [0.15, 0.2) is 0 Å². The van der Waals surface area contributed by atoms with Gasteiger partial charge in [0.2, 0.25) is 10.0 Å². The molecule has 4 rings (SSSR count). The van der Waals surface area contributed by atoms with Crippen LogP contribution in [-0.2, 0) is 19.5 Å². The van der Waals surface area contributed by atoms with Crippen molar-refractivity contribution in [2.45, 2.75) is 11.0 Å². The van der Waals surface area contributed by atoms with Crippen molar-refractivity contribution in [2.75, 3.05) is 46.0 Å². The van der Waals surface area contributed by atoms with E-state index in [4.69, 9.17) is 9.47 Å². The Morgan fingerprint density at radius 1 is 0.931 bits per heavy atom. The number of hydrogen-bond acceptors (Lipinski definition) is 5. The molecule has 2 fully saturated rings. The van der Waals surface area contributed by atoms with Crippen molar-refractivity contribution < 1.29 is 22.7 Å². The molecule has 2 aliphatic heterocycles. The molecule has 0 unspecified atom stereocenters. The van der Waals surface area contributed by atoms with Crippen molar-refractivity contribution in [3.05, 3.63) is 65.7 Å². The fraction of sp³-hybridized carbons (Fsp3) is 0.381. The van der Waals surface area contributed by atoms with Crippen molar-refractivity contribution in [1.29, 1.82) is 0 Å². The molecule has 2 aromatic carbocycles. The third-order valence-electron chi connectivity index (χ3n) is 5.21. The topological polar surface area (TPSA) is 76.2 Å². The number of rotatable bonds is 4. The Bertz CT molecular complexity index is 958. The molecule has 7 nitrogen and oxygen atoms in total. The zero-order valence-electron chi connectivity index (χ0n) is 16.1. The molecular weight excluding hydrogens is 392 g/mol. The molecule has 2 heterocycles. The van der Waals surface area contributed by atoms with Crippen LogP contribution < -0.4 is 0 Å². The van der Waals surface area contributed by atoms with Gasteiger partial charge in [-0.2, -0.15) is 4.31 Å². The largest absolute Gasteiger partial charge is 0.379 e. The molecule has 8 heteroatoms. The Labute approximate surface area is 170 Å². The number of carbonyl (C=O) groups is 1. The van der Waals surface area contributed by atoms with Crippen molar-refractivity contribution in [3.63, 3.8) is 0 Å². The van der Waals surface area contributed by atoms with E-state index in [1.165, 1.54) is 16.4 Å². The molecule has 29 heavy (non-hydrogen) atoms. The summed E-state index contributed by atoms with van der Waals surface area (Å²) in [6.07, 6.45) is -0.186. The molecule has 2 aliphatic rings. The lowest BCUT2D eigenvalue weighted by Crippen LogP contribution is -2.42. The second kappa shape index (κ2) is 8.62. The number of morpholine rings is 2. The third kappa shape index (κ3) is 4.35. The maximum Gasteiger partial charge on any atom is 0.254 e. The second-order valence-electron chi connectivity index (χ2n) is 7.07. The van der Waals surface area contributed by atoms with Crippen LogP contribution in [0.1, 0.15) is 22.0 Å². The fourth-order valence-corrected chi connectivity index (χ4v) is 5.07. The van der Waals surface area contributed by atoms with Crippen LogP contribution in [0.25, 0.3) is 0 Å². The minimum Gasteiger partial charge on any atom is -0.379 e. The van der Waals surface area contributed by atoms with Crippen molar-refractivity contribution >= 4 is 15.9 Å². The molecule has 154 valence electrons. The van der Waals surface area contributed by atoms with Gasteiger partial charge in [-0.3, -0.25) is 4.79 Å². The summed E-state index contributed by atoms with van der Waals surface area (Å²) >= 11 is 0. The van der Waals surface area contributed by atoms with Crippen LogP contribution in [0.4, 0.5) is 0 Å². The number of nitrogens with zero attached hydrogens (tertiary/aromatic N) is 2. The highest BCUT2D eigenvalue weighted by Crippen LogP contribution is 2.24. The molecule has 0 aromatic heterocycles. The van der Waals surface area contributed by atoms with E-state index >= 15 is 0 Å². The zero-order valence-corrected chi connectivity index (χ0v) is 16.9.